The van der Waals surface area contributed by atoms with Gasteiger partial charge >= 0.3 is 0 Å². The second-order valence-electron chi connectivity index (χ2n) is 4.59. The molecule has 22 heavy (non-hydrogen) atoms. The summed E-state index contributed by atoms with van der Waals surface area (Å²) < 4.78 is 15.1. The van der Waals surface area contributed by atoms with Crippen molar-refractivity contribution in [1.82, 2.24) is 9.55 Å². The fourth-order valence-electron chi connectivity index (χ4n) is 2.24. The van der Waals surface area contributed by atoms with Crippen LogP contribution in [0.15, 0.2) is 41.2 Å². The minimum absolute atomic E-state index is 0.269. The van der Waals surface area contributed by atoms with Gasteiger partial charge in [0, 0.05) is 23.5 Å². The molecule has 0 aliphatic carbocycles. The zero-order valence-corrected chi connectivity index (χ0v) is 12.9. The molecule has 0 fully saturated rings. The zero-order valence-electron chi connectivity index (χ0n) is 11.4. The van der Waals surface area contributed by atoms with E-state index < -0.39 is 5.82 Å². The molecule has 1 aromatic carbocycles. The largest absolute Gasteiger partial charge is 0.387 e. The van der Waals surface area contributed by atoms with Crippen molar-refractivity contribution in [3.05, 3.63) is 62.7 Å². The van der Waals surface area contributed by atoms with E-state index in [1.807, 2.05) is 0 Å². The van der Waals surface area contributed by atoms with Gasteiger partial charge in [0.2, 0.25) is 0 Å². The van der Waals surface area contributed by atoms with Crippen molar-refractivity contribution in [3.8, 4) is 5.69 Å². The van der Waals surface area contributed by atoms with Crippen LogP contribution in [0.4, 0.5) is 10.1 Å². The van der Waals surface area contributed by atoms with Crippen molar-refractivity contribution in [1.29, 1.82) is 0 Å². The number of nitrogens with zero attached hydrogens (tertiary/aromatic N) is 2. The van der Waals surface area contributed by atoms with Crippen LogP contribution in [0.25, 0.3) is 16.7 Å². The number of halogens is 3. The second-order valence-corrected chi connectivity index (χ2v) is 5.38. The smallest absolute Gasteiger partial charge is 0.258 e. The van der Waals surface area contributed by atoms with Gasteiger partial charge in [0.15, 0.2) is 16.6 Å². The van der Waals surface area contributed by atoms with Gasteiger partial charge in [-0.25, -0.2) is 9.37 Å². The maximum atomic E-state index is 13.7. The minimum atomic E-state index is -0.646. The molecule has 2 aromatic heterocycles. The SMILES string of the molecule is CNc1cc(=O)n(-c2ccc(Cl)cc2)c2nc(Cl)c(F)cc12. The lowest BCUT2D eigenvalue weighted by Crippen LogP contribution is -2.19. The van der Waals surface area contributed by atoms with Crippen molar-refractivity contribution in [2.75, 3.05) is 12.4 Å². The quantitative estimate of drug-likeness (QED) is 0.722. The first-order valence-electron chi connectivity index (χ1n) is 6.37. The Bertz CT molecular complexity index is 923. The third-order valence-corrected chi connectivity index (χ3v) is 3.77. The predicted octanol–water partition coefficient (Wildman–Crippen LogP) is 3.87. The van der Waals surface area contributed by atoms with E-state index in [9.17, 15) is 9.18 Å². The standard InChI is InChI=1S/C15H10Cl2FN3O/c1-19-12-7-13(22)21(9-4-2-8(16)3-5-9)15-10(12)6-11(18)14(17)20-15/h2-7,19H,1H3. The van der Waals surface area contributed by atoms with Gasteiger partial charge in [-0.05, 0) is 30.3 Å². The predicted molar refractivity (Wildman–Crippen MR) is 86.9 cm³/mol. The van der Waals surface area contributed by atoms with E-state index in [4.69, 9.17) is 23.2 Å². The molecule has 0 radical (unpaired) electrons. The van der Waals surface area contributed by atoms with Crippen molar-refractivity contribution < 1.29 is 4.39 Å². The van der Waals surface area contributed by atoms with Crippen LogP contribution in [0.5, 0.6) is 0 Å². The van der Waals surface area contributed by atoms with E-state index in [0.29, 0.717) is 21.8 Å². The van der Waals surface area contributed by atoms with Gasteiger partial charge in [-0.2, -0.15) is 0 Å². The zero-order chi connectivity index (χ0) is 15.9. The van der Waals surface area contributed by atoms with E-state index in [0.717, 1.165) is 0 Å². The number of fused-ring (bicyclic) bond motifs is 1. The molecule has 3 aromatic rings. The van der Waals surface area contributed by atoms with Crippen LogP contribution in [0.2, 0.25) is 10.2 Å². The molecule has 0 saturated heterocycles. The summed E-state index contributed by atoms with van der Waals surface area (Å²) in [6.07, 6.45) is 0. The molecule has 0 amide bonds. The first-order chi connectivity index (χ1) is 10.5. The van der Waals surface area contributed by atoms with Crippen molar-refractivity contribution in [2.24, 2.45) is 0 Å². The highest BCUT2D eigenvalue weighted by Gasteiger charge is 2.14. The number of hydrogen-bond acceptors (Lipinski definition) is 3. The van der Waals surface area contributed by atoms with Gasteiger partial charge in [0.05, 0.1) is 11.4 Å². The number of rotatable bonds is 2. The number of aromatic nitrogens is 2. The van der Waals surface area contributed by atoms with Crippen LogP contribution in [0.3, 0.4) is 0 Å². The van der Waals surface area contributed by atoms with Gasteiger partial charge in [0.1, 0.15) is 0 Å². The number of pyridine rings is 2. The van der Waals surface area contributed by atoms with Crippen molar-refractivity contribution in [2.45, 2.75) is 0 Å². The minimum Gasteiger partial charge on any atom is -0.387 e. The second kappa shape index (κ2) is 5.59. The van der Waals surface area contributed by atoms with E-state index >= 15 is 0 Å². The Morgan fingerprint density at radius 3 is 2.50 bits per heavy atom. The Kier molecular flexibility index (Phi) is 3.76. The highest BCUT2D eigenvalue weighted by atomic mass is 35.5. The molecule has 0 atom stereocenters. The summed E-state index contributed by atoms with van der Waals surface area (Å²) in [4.78, 5) is 16.4. The highest BCUT2D eigenvalue weighted by molar-refractivity contribution is 6.30. The Hall–Kier alpha value is -2.11. The lowest BCUT2D eigenvalue weighted by atomic mass is 10.2. The lowest BCUT2D eigenvalue weighted by molar-refractivity contribution is 0.624. The molecule has 4 nitrogen and oxygen atoms in total. The van der Waals surface area contributed by atoms with Crippen LogP contribution in [0.1, 0.15) is 0 Å². The first-order valence-corrected chi connectivity index (χ1v) is 7.12. The molecular formula is C15H10Cl2FN3O. The van der Waals surface area contributed by atoms with Crippen LogP contribution in [0, 0.1) is 5.82 Å². The summed E-state index contributed by atoms with van der Waals surface area (Å²) in [6, 6.07) is 9.31. The maximum absolute atomic E-state index is 13.7. The van der Waals surface area contributed by atoms with Crippen LogP contribution < -0.4 is 10.9 Å². The molecule has 3 rings (SSSR count). The van der Waals surface area contributed by atoms with Crippen LogP contribution in [-0.4, -0.2) is 16.6 Å². The van der Waals surface area contributed by atoms with Crippen molar-refractivity contribution in [3.63, 3.8) is 0 Å². The summed E-state index contributed by atoms with van der Waals surface area (Å²) >= 11 is 11.6. The van der Waals surface area contributed by atoms with E-state index in [2.05, 4.69) is 10.3 Å². The molecule has 0 unspecified atom stereocenters. The van der Waals surface area contributed by atoms with E-state index in [1.165, 1.54) is 16.7 Å². The van der Waals surface area contributed by atoms with E-state index in [1.54, 1.807) is 31.3 Å². The van der Waals surface area contributed by atoms with Crippen molar-refractivity contribution >= 4 is 39.9 Å². The van der Waals surface area contributed by atoms with Crippen LogP contribution >= 0.6 is 23.2 Å². The Morgan fingerprint density at radius 1 is 1.18 bits per heavy atom. The highest BCUT2D eigenvalue weighted by Crippen LogP contribution is 2.26. The van der Waals surface area contributed by atoms with Gasteiger partial charge < -0.3 is 5.32 Å². The Balaban J connectivity index is 2.44. The number of hydrogen-bond donors (Lipinski definition) is 1. The fourth-order valence-corrected chi connectivity index (χ4v) is 2.50. The summed E-state index contributed by atoms with van der Waals surface area (Å²) in [5.41, 5.74) is 1.01. The summed E-state index contributed by atoms with van der Waals surface area (Å²) in [6.45, 7) is 0. The third-order valence-electron chi connectivity index (χ3n) is 3.26. The number of anilines is 1. The average molecular weight is 338 g/mol. The molecule has 7 heteroatoms. The molecule has 0 saturated carbocycles. The normalized spacial score (nSPS) is 10.9. The Labute approximate surface area is 135 Å². The molecule has 0 aliphatic rings. The van der Waals surface area contributed by atoms with Gasteiger partial charge in [-0.1, -0.05) is 23.2 Å². The number of benzene rings is 1. The Morgan fingerprint density at radius 2 is 1.86 bits per heavy atom. The molecule has 2 heterocycles. The van der Waals surface area contributed by atoms with Gasteiger partial charge in [-0.15, -0.1) is 0 Å². The maximum Gasteiger partial charge on any atom is 0.258 e. The average Bonchev–Trinajstić information content (AvgIpc) is 2.50. The summed E-state index contributed by atoms with van der Waals surface area (Å²) in [7, 11) is 1.65. The molecule has 1 N–H and O–H groups in total. The van der Waals surface area contributed by atoms with Gasteiger partial charge in [-0.3, -0.25) is 9.36 Å². The fraction of sp³-hybridized carbons (Fsp3) is 0.0667. The molecular weight excluding hydrogens is 328 g/mol. The topological polar surface area (TPSA) is 46.9 Å². The third kappa shape index (κ3) is 2.42. The summed E-state index contributed by atoms with van der Waals surface area (Å²) in [5.74, 6) is -0.646. The molecule has 0 bridgehead atoms. The van der Waals surface area contributed by atoms with Gasteiger partial charge in [0.25, 0.3) is 5.56 Å². The lowest BCUT2D eigenvalue weighted by Gasteiger charge is -2.13. The number of nitrogens with one attached hydrogen (secondary N) is 1. The molecule has 112 valence electrons. The first kappa shape index (κ1) is 14.8. The molecule has 0 spiro atoms. The summed E-state index contributed by atoms with van der Waals surface area (Å²) in [5, 5.41) is 3.58. The van der Waals surface area contributed by atoms with E-state index in [-0.39, 0.29) is 16.4 Å². The molecule has 0 aliphatic heterocycles. The monoisotopic (exact) mass is 337 g/mol. The van der Waals surface area contributed by atoms with Crippen LogP contribution in [-0.2, 0) is 0 Å².